The van der Waals surface area contributed by atoms with Crippen LogP contribution in [0, 0.1) is 13.5 Å². The molecule has 98 valence electrons. The Morgan fingerprint density at radius 3 is 2.55 bits per heavy atom. The molecule has 1 atom stereocenters. The van der Waals surface area contributed by atoms with Gasteiger partial charge >= 0.3 is 18.9 Å². The number of rotatable bonds is 2. The van der Waals surface area contributed by atoms with Gasteiger partial charge in [0.1, 0.15) is 0 Å². The molecule has 2 aromatic rings. The van der Waals surface area contributed by atoms with Gasteiger partial charge in [-0.05, 0) is 30.1 Å². The summed E-state index contributed by atoms with van der Waals surface area (Å²) in [6, 6.07) is 2.66. The van der Waals surface area contributed by atoms with Gasteiger partial charge in [-0.1, -0.05) is 23.2 Å². The molecule has 1 aromatic carbocycles. The van der Waals surface area contributed by atoms with Crippen LogP contribution in [0.25, 0.3) is 10.5 Å². The van der Waals surface area contributed by atoms with Crippen LogP contribution in [0.2, 0.25) is 10.0 Å². The minimum Gasteiger partial charge on any atom is -0.768 e. The first-order valence-electron chi connectivity index (χ1n) is 4.96. The summed E-state index contributed by atoms with van der Waals surface area (Å²) in [7, 11) is 0. The van der Waals surface area contributed by atoms with Crippen LogP contribution in [0.3, 0.4) is 0 Å². The predicted octanol–water partition coefficient (Wildman–Crippen LogP) is 0.280. The quantitative estimate of drug-likeness (QED) is 0.453. The standard InChI is InChI=1S/C11H7Cl2N3O2S.Li/c1-6-9(14-2)5-15-16(6)10-3-8(13)11(19(17)18)4-7(10)12;/h3-5H,1H3,(H,17,18);/q;+1/p-1. The molecular formula is C11H6Cl2LiN3O2S. The molecule has 0 fully saturated rings. The average molecular weight is 322 g/mol. The molecule has 1 unspecified atom stereocenters. The molecule has 0 N–H and O–H groups in total. The summed E-state index contributed by atoms with van der Waals surface area (Å²) in [4.78, 5) is 3.23. The molecular weight excluding hydrogens is 316 g/mol. The average Bonchev–Trinajstić information content (AvgIpc) is 2.72. The molecule has 9 heteroatoms. The summed E-state index contributed by atoms with van der Waals surface area (Å²) in [5.74, 6) is 0. The zero-order valence-electron chi connectivity index (χ0n) is 10.6. The minimum absolute atomic E-state index is 0. The Balaban J connectivity index is 0.00000200. The number of hydrogen-bond donors (Lipinski definition) is 0. The van der Waals surface area contributed by atoms with Crippen molar-refractivity contribution in [2.45, 2.75) is 11.8 Å². The number of nitrogens with zero attached hydrogens (tertiary/aromatic N) is 3. The maximum absolute atomic E-state index is 10.9. The van der Waals surface area contributed by atoms with Crippen molar-refractivity contribution in [3.05, 3.63) is 45.5 Å². The largest absolute Gasteiger partial charge is 1.00 e. The smallest absolute Gasteiger partial charge is 0.768 e. The van der Waals surface area contributed by atoms with Gasteiger partial charge in [-0.2, -0.15) is 5.10 Å². The maximum atomic E-state index is 10.9. The van der Waals surface area contributed by atoms with E-state index in [9.17, 15) is 8.76 Å². The Hall–Kier alpha value is -0.793. The fourth-order valence-electron chi connectivity index (χ4n) is 1.56. The van der Waals surface area contributed by atoms with Crippen molar-refractivity contribution in [2.24, 2.45) is 0 Å². The fraction of sp³-hybridized carbons (Fsp3) is 0.0909. The Kier molecular flexibility index (Phi) is 5.85. The van der Waals surface area contributed by atoms with Gasteiger partial charge in [0.25, 0.3) is 0 Å². The molecule has 0 aliphatic heterocycles. The van der Waals surface area contributed by atoms with Gasteiger partial charge in [-0.25, -0.2) is 9.53 Å². The van der Waals surface area contributed by atoms with Crippen LogP contribution in [-0.2, 0) is 11.1 Å². The Labute approximate surface area is 140 Å². The third-order valence-electron chi connectivity index (χ3n) is 2.51. The number of hydrogen-bond acceptors (Lipinski definition) is 3. The van der Waals surface area contributed by atoms with Gasteiger partial charge in [0.15, 0.2) is 0 Å². The van der Waals surface area contributed by atoms with Gasteiger partial charge in [0.05, 0.1) is 28.5 Å². The first-order chi connectivity index (χ1) is 8.95. The topological polar surface area (TPSA) is 62.3 Å². The van der Waals surface area contributed by atoms with E-state index >= 15 is 0 Å². The van der Waals surface area contributed by atoms with Crippen molar-refractivity contribution < 1.29 is 27.6 Å². The van der Waals surface area contributed by atoms with E-state index in [0.717, 1.165) is 0 Å². The molecule has 0 saturated heterocycles. The van der Waals surface area contributed by atoms with Crippen molar-refractivity contribution in [1.29, 1.82) is 0 Å². The summed E-state index contributed by atoms with van der Waals surface area (Å²) in [6.45, 7) is 8.69. The van der Waals surface area contributed by atoms with Crippen molar-refractivity contribution >= 4 is 40.0 Å². The molecule has 0 radical (unpaired) electrons. The van der Waals surface area contributed by atoms with E-state index in [1.54, 1.807) is 6.92 Å². The zero-order chi connectivity index (χ0) is 14.2. The molecule has 20 heavy (non-hydrogen) atoms. The van der Waals surface area contributed by atoms with Crippen LogP contribution in [0.5, 0.6) is 0 Å². The van der Waals surface area contributed by atoms with Gasteiger partial charge < -0.3 is 4.55 Å². The monoisotopic (exact) mass is 321 g/mol. The van der Waals surface area contributed by atoms with Crippen molar-refractivity contribution in [1.82, 2.24) is 9.78 Å². The second-order valence-corrected chi connectivity index (χ2v) is 5.33. The second-order valence-electron chi connectivity index (χ2n) is 3.61. The molecule has 1 heterocycles. The van der Waals surface area contributed by atoms with Gasteiger partial charge in [-0.3, -0.25) is 4.21 Å². The number of aromatic nitrogens is 2. The van der Waals surface area contributed by atoms with Crippen LogP contribution >= 0.6 is 23.2 Å². The summed E-state index contributed by atoms with van der Waals surface area (Å²) in [6.07, 6.45) is 1.41. The summed E-state index contributed by atoms with van der Waals surface area (Å²) in [5.41, 5.74) is 1.42. The first-order valence-corrected chi connectivity index (χ1v) is 6.79. The van der Waals surface area contributed by atoms with Crippen LogP contribution < -0.4 is 18.9 Å². The van der Waals surface area contributed by atoms with Crippen LogP contribution in [0.15, 0.2) is 23.2 Å². The van der Waals surface area contributed by atoms with E-state index in [1.807, 2.05) is 0 Å². The van der Waals surface area contributed by atoms with E-state index in [1.165, 1.54) is 23.0 Å². The van der Waals surface area contributed by atoms with Crippen LogP contribution in [-0.4, -0.2) is 18.5 Å². The van der Waals surface area contributed by atoms with Crippen molar-refractivity contribution in [3.8, 4) is 5.69 Å². The SMILES string of the molecule is [C-]#[N+]c1cnn(-c2cc(Cl)c(S(=O)[O-])cc2Cl)c1C.[Li+]. The number of halogens is 2. The van der Waals surface area contributed by atoms with Crippen molar-refractivity contribution in [2.75, 3.05) is 0 Å². The molecule has 5 nitrogen and oxygen atoms in total. The molecule has 0 bridgehead atoms. The summed E-state index contributed by atoms with van der Waals surface area (Å²) < 4.78 is 23.3. The zero-order valence-corrected chi connectivity index (χ0v) is 12.9. The third-order valence-corrected chi connectivity index (χ3v) is 3.94. The van der Waals surface area contributed by atoms with Gasteiger partial charge in [-0.15, -0.1) is 0 Å². The van der Waals surface area contributed by atoms with E-state index in [4.69, 9.17) is 29.8 Å². The van der Waals surface area contributed by atoms with Gasteiger partial charge in [0.2, 0.25) is 5.69 Å². The predicted molar refractivity (Wildman–Crippen MR) is 71.8 cm³/mol. The van der Waals surface area contributed by atoms with E-state index in [0.29, 0.717) is 17.1 Å². The Morgan fingerprint density at radius 1 is 1.40 bits per heavy atom. The number of benzene rings is 1. The molecule has 0 amide bonds. The summed E-state index contributed by atoms with van der Waals surface area (Å²) in [5, 5.41) is 4.27. The molecule has 0 aliphatic carbocycles. The van der Waals surface area contributed by atoms with Crippen molar-refractivity contribution in [3.63, 3.8) is 0 Å². The minimum atomic E-state index is -2.46. The maximum Gasteiger partial charge on any atom is 1.00 e. The van der Waals surface area contributed by atoms with Crippen LogP contribution in [0.1, 0.15) is 5.69 Å². The molecule has 0 saturated carbocycles. The van der Waals surface area contributed by atoms with E-state index < -0.39 is 11.1 Å². The molecule has 2 rings (SSSR count). The third kappa shape index (κ3) is 3.10. The fourth-order valence-corrected chi connectivity index (χ4v) is 2.65. The van der Waals surface area contributed by atoms with E-state index in [-0.39, 0.29) is 33.8 Å². The molecule has 1 aromatic heterocycles. The first kappa shape index (κ1) is 17.3. The Bertz CT molecular complexity index is 727. The summed E-state index contributed by atoms with van der Waals surface area (Å²) >= 11 is 9.46. The Morgan fingerprint density at radius 2 is 2.05 bits per heavy atom. The molecule has 0 aliphatic rings. The van der Waals surface area contributed by atoms with Crippen LogP contribution in [0.4, 0.5) is 5.69 Å². The van der Waals surface area contributed by atoms with E-state index in [2.05, 4.69) is 9.94 Å². The normalized spacial score (nSPS) is 11.6. The second kappa shape index (κ2) is 6.78. The van der Waals surface area contributed by atoms with Gasteiger partial charge in [0, 0.05) is 10.6 Å². The molecule has 0 spiro atoms.